The van der Waals surface area contributed by atoms with Gasteiger partial charge in [-0.2, -0.15) is 5.26 Å². The van der Waals surface area contributed by atoms with Crippen molar-refractivity contribution in [2.24, 2.45) is 0 Å². The predicted octanol–water partition coefficient (Wildman–Crippen LogP) is 1.17. The van der Waals surface area contributed by atoms with Gasteiger partial charge >= 0.3 is 5.97 Å². The van der Waals surface area contributed by atoms with Crippen molar-refractivity contribution >= 4 is 33.3 Å². The van der Waals surface area contributed by atoms with Crippen molar-refractivity contribution in [1.29, 1.82) is 5.26 Å². The second kappa shape index (κ2) is 6.41. The highest BCUT2D eigenvalue weighted by Gasteiger charge is 2.21. The molecule has 8 heteroatoms. The lowest BCUT2D eigenvalue weighted by Gasteiger charge is -2.21. The molecule has 0 spiro atoms. The monoisotopic (exact) mass is 302 g/mol. The Labute approximate surface area is 116 Å². The Kier molecular flexibility index (Phi) is 5.15. The summed E-state index contributed by atoms with van der Waals surface area (Å²) in [4.78, 5) is 11.4. The van der Waals surface area contributed by atoms with E-state index in [4.69, 9.17) is 16.9 Å². The predicted molar refractivity (Wildman–Crippen MR) is 70.2 cm³/mol. The summed E-state index contributed by atoms with van der Waals surface area (Å²) in [5.74, 6) is -0.813. The minimum absolute atomic E-state index is 0.254. The fraction of sp³-hybridized carbons (Fsp3) is 0.273. The molecule has 0 aromatic heterocycles. The number of rotatable bonds is 5. The van der Waals surface area contributed by atoms with Gasteiger partial charge in [0.25, 0.3) is 0 Å². The number of sulfonamides is 1. The van der Waals surface area contributed by atoms with Crippen LogP contribution < -0.4 is 4.31 Å². The molecule has 0 heterocycles. The van der Waals surface area contributed by atoms with Crippen LogP contribution in [0.4, 0.5) is 5.69 Å². The quantitative estimate of drug-likeness (QED) is 0.762. The minimum Gasteiger partial charge on any atom is -0.449 e. The Balaban J connectivity index is 2.98. The van der Waals surface area contributed by atoms with E-state index in [-0.39, 0.29) is 5.69 Å². The highest BCUT2D eigenvalue weighted by atomic mass is 35.5. The second-order valence-electron chi connectivity index (χ2n) is 3.57. The van der Waals surface area contributed by atoms with E-state index in [2.05, 4.69) is 4.74 Å². The Morgan fingerprint density at radius 2 is 2.21 bits per heavy atom. The van der Waals surface area contributed by atoms with Gasteiger partial charge in [-0.05, 0) is 18.2 Å². The average molecular weight is 303 g/mol. The third kappa shape index (κ3) is 4.77. The molecule has 0 radical (unpaired) electrons. The number of benzene rings is 1. The van der Waals surface area contributed by atoms with Crippen molar-refractivity contribution in [3.05, 3.63) is 29.3 Å². The van der Waals surface area contributed by atoms with Crippen LogP contribution in [0, 0.1) is 11.3 Å². The lowest BCUT2D eigenvalue weighted by atomic mass is 10.3. The Morgan fingerprint density at radius 1 is 1.53 bits per heavy atom. The second-order valence-corrected chi connectivity index (χ2v) is 5.91. The van der Waals surface area contributed by atoms with Gasteiger partial charge in [0, 0.05) is 5.02 Å². The Morgan fingerprint density at radius 3 is 2.74 bits per heavy atom. The molecule has 0 aliphatic carbocycles. The van der Waals surface area contributed by atoms with E-state index in [1.807, 2.05) is 0 Å². The van der Waals surface area contributed by atoms with Crippen LogP contribution in [0.5, 0.6) is 0 Å². The highest BCUT2D eigenvalue weighted by Crippen LogP contribution is 2.21. The number of hydrogen-bond donors (Lipinski definition) is 0. The Bertz CT molecular complexity index is 609. The first-order chi connectivity index (χ1) is 8.84. The van der Waals surface area contributed by atoms with Crippen molar-refractivity contribution in [2.75, 3.05) is 23.7 Å². The van der Waals surface area contributed by atoms with E-state index in [1.165, 1.54) is 12.1 Å². The first-order valence-electron chi connectivity index (χ1n) is 5.10. The van der Waals surface area contributed by atoms with E-state index in [0.717, 1.165) is 10.6 Å². The number of esters is 1. The van der Waals surface area contributed by atoms with Crippen LogP contribution in [0.2, 0.25) is 5.02 Å². The maximum Gasteiger partial charge on any atom is 0.327 e. The van der Waals surface area contributed by atoms with Gasteiger partial charge in [-0.25, -0.2) is 8.42 Å². The number of hydrogen-bond acceptors (Lipinski definition) is 5. The van der Waals surface area contributed by atoms with Crippen molar-refractivity contribution in [1.82, 2.24) is 0 Å². The third-order valence-electron chi connectivity index (χ3n) is 2.07. The lowest BCUT2D eigenvalue weighted by molar-refractivity contribution is -0.140. The number of halogens is 1. The number of carbonyl (C=O) groups excluding carboxylic acids is 1. The van der Waals surface area contributed by atoms with Crippen molar-refractivity contribution in [2.45, 2.75) is 0 Å². The molecule has 1 rings (SSSR count). The third-order valence-corrected chi connectivity index (χ3v) is 3.44. The van der Waals surface area contributed by atoms with E-state index in [9.17, 15) is 13.2 Å². The smallest absolute Gasteiger partial charge is 0.327 e. The normalized spacial score (nSPS) is 10.6. The maximum atomic E-state index is 11.7. The molecule has 19 heavy (non-hydrogen) atoms. The molecular formula is C11H11ClN2O4S. The van der Waals surface area contributed by atoms with E-state index in [1.54, 1.807) is 18.2 Å². The highest BCUT2D eigenvalue weighted by molar-refractivity contribution is 7.92. The van der Waals surface area contributed by atoms with Crippen LogP contribution in [-0.4, -0.2) is 33.8 Å². The van der Waals surface area contributed by atoms with Gasteiger partial charge in [-0.15, -0.1) is 0 Å². The molecule has 0 aliphatic rings. The number of carbonyl (C=O) groups is 1. The van der Waals surface area contributed by atoms with Gasteiger partial charge in [-0.1, -0.05) is 17.7 Å². The van der Waals surface area contributed by atoms with E-state index in [0.29, 0.717) is 5.02 Å². The molecule has 0 N–H and O–H groups in total. The summed E-state index contributed by atoms with van der Waals surface area (Å²) >= 11 is 5.78. The van der Waals surface area contributed by atoms with E-state index < -0.39 is 29.1 Å². The molecule has 0 aliphatic heterocycles. The van der Waals surface area contributed by atoms with Crippen molar-refractivity contribution in [3.8, 4) is 6.07 Å². The molecule has 0 amide bonds. The molecule has 6 nitrogen and oxygen atoms in total. The molecule has 0 saturated carbocycles. The molecule has 0 fully saturated rings. The summed E-state index contributed by atoms with van der Waals surface area (Å²) in [6, 6.07) is 7.70. The summed E-state index contributed by atoms with van der Waals surface area (Å²) in [5, 5.41) is 8.63. The SMILES string of the molecule is CS(=O)(=O)N(CC(=O)OCC#N)c1cccc(Cl)c1. The maximum absolute atomic E-state index is 11.7. The molecule has 102 valence electrons. The summed E-state index contributed by atoms with van der Waals surface area (Å²) in [6.45, 7) is -0.938. The number of anilines is 1. The summed E-state index contributed by atoms with van der Waals surface area (Å²) in [7, 11) is -3.66. The molecule has 0 unspecified atom stereocenters. The molecule has 0 atom stereocenters. The minimum atomic E-state index is -3.66. The van der Waals surface area contributed by atoms with Crippen molar-refractivity contribution in [3.63, 3.8) is 0 Å². The fourth-order valence-corrected chi connectivity index (χ4v) is 2.33. The topological polar surface area (TPSA) is 87.5 Å². The van der Waals surface area contributed by atoms with Crippen molar-refractivity contribution < 1.29 is 17.9 Å². The van der Waals surface area contributed by atoms with Gasteiger partial charge in [-0.3, -0.25) is 9.10 Å². The molecular weight excluding hydrogens is 292 g/mol. The van der Waals surface area contributed by atoms with Gasteiger partial charge < -0.3 is 4.74 Å². The largest absolute Gasteiger partial charge is 0.449 e. The van der Waals surface area contributed by atoms with Gasteiger partial charge in [0.1, 0.15) is 12.6 Å². The van der Waals surface area contributed by atoms with Gasteiger partial charge in [0.2, 0.25) is 10.0 Å². The zero-order valence-electron chi connectivity index (χ0n) is 10.0. The van der Waals surface area contributed by atoms with Crippen LogP contribution in [0.25, 0.3) is 0 Å². The fourth-order valence-electron chi connectivity index (χ4n) is 1.31. The number of nitrogens with zero attached hydrogens (tertiary/aromatic N) is 2. The summed E-state index contributed by atoms with van der Waals surface area (Å²) in [6.07, 6.45) is 0.964. The zero-order valence-corrected chi connectivity index (χ0v) is 11.6. The zero-order chi connectivity index (χ0) is 14.5. The summed E-state index contributed by atoms with van der Waals surface area (Å²) < 4.78 is 28.7. The molecule has 0 saturated heterocycles. The standard InChI is InChI=1S/C11H11ClN2O4S/c1-19(16,17)14(8-11(15)18-6-5-13)10-4-2-3-9(12)7-10/h2-4,7H,6,8H2,1H3. The molecule has 1 aromatic carbocycles. The van der Waals surface area contributed by atoms with Gasteiger partial charge in [0.15, 0.2) is 6.61 Å². The van der Waals surface area contributed by atoms with Crippen LogP contribution in [0.1, 0.15) is 0 Å². The van der Waals surface area contributed by atoms with Gasteiger partial charge in [0.05, 0.1) is 11.9 Å². The first-order valence-corrected chi connectivity index (χ1v) is 7.33. The average Bonchev–Trinajstić information content (AvgIpc) is 2.32. The molecule has 1 aromatic rings. The first kappa shape index (κ1) is 15.3. The lowest BCUT2D eigenvalue weighted by Crippen LogP contribution is -2.35. The number of ether oxygens (including phenoxy) is 1. The molecule has 0 bridgehead atoms. The van der Waals surface area contributed by atoms with Crippen LogP contribution in [0.3, 0.4) is 0 Å². The van der Waals surface area contributed by atoms with Crippen LogP contribution in [0.15, 0.2) is 24.3 Å². The van der Waals surface area contributed by atoms with E-state index >= 15 is 0 Å². The van der Waals surface area contributed by atoms with Crippen LogP contribution >= 0.6 is 11.6 Å². The Hall–Kier alpha value is -1.78. The summed E-state index contributed by atoms with van der Waals surface area (Å²) in [5.41, 5.74) is 0.254. The van der Waals surface area contributed by atoms with Crippen LogP contribution in [-0.2, 0) is 19.6 Å². The number of nitriles is 1.